The summed E-state index contributed by atoms with van der Waals surface area (Å²) in [6.07, 6.45) is 2.45. The van der Waals surface area contributed by atoms with Gasteiger partial charge in [-0.05, 0) is 31.0 Å². The summed E-state index contributed by atoms with van der Waals surface area (Å²) >= 11 is 0. The van der Waals surface area contributed by atoms with Gasteiger partial charge in [-0.1, -0.05) is 18.2 Å². The molecule has 0 fully saturated rings. The van der Waals surface area contributed by atoms with Crippen LogP contribution in [-0.4, -0.2) is 0 Å². The number of halogens is 1. The summed E-state index contributed by atoms with van der Waals surface area (Å²) in [6.45, 7) is 5.54. The van der Waals surface area contributed by atoms with Crippen molar-refractivity contribution in [3.05, 3.63) is 48.3 Å². The van der Waals surface area contributed by atoms with Gasteiger partial charge >= 0.3 is 0 Å². The van der Waals surface area contributed by atoms with Gasteiger partial charge in [0.15, 0.2) is 0 Å². The van der Waals surface area contributed by atoms with Gasteiger partial charge in [0, 0.05) is 5.54 Å². The third-order valence-electron chi connectivity index (χ3n) is 2.07. The van der Waals surface area contributed by atoms with Crippen molar-refractivity contribution in [3.8, 4) is 0 Å². The van der Waals surface area contributed by atoms with Gasteiger partial charge in [0.2, 0.25) is 0 Å². The Morgan fingerprint density at radius 2 is 2.00 bits per heavy atom. The fourth-order valence-electron chi connectivity index (χ4n) is 1.25. The van der Waals surface area contributed by atoms with Gasteiger partial charge in [-0.25, -0.2) is 4.39 Å². The van der Waals surface area contributed by atoms with Crippen LogP contribution in [0.25, 0.3) is 0 Å². The van der Waals surface area contributed by atoms with Crippen LogP contribution in [0.2, 0.25) is 0 Å². The fraction of sp³-hybridized carbons (Fsp3) is 0.273. The molecular formula is C11H14FN. The third kappa shape index (κ3) is 2.39. The second-order valence-corrected chi connectivity index (χ2v) is 3.42. The lowest BCUT2D eigenvalue weighted by molar-refractivity contribution is 0.501. The number of hydrogen-bond acceptors (Lipinski definition) is 1. The molecule has 0 saturated carbocycles. The minimum absolute atomic E-state index is 0.238. The van der Waals surface area contributed by atoms with Gasteiger partial charge in [-0.3, -0.25) is 0 Å². The molecule has 0 aliphatic carbocycles. The summed E-state index contributed by atoms with van der Waals surface area (Å²) in [7, 11) is 0. The van der Waals surface area contributed by atoms with Gasteiger partial charge in [-0.15, -0.1) is 6.58 Å². The number of nitrogens with two attached hydrogens (primary N) is 1. The Bertz CT molecular complexity index is 287. The zero-order valence-corrected chi connectivity index (χ0v) is 7.76. The Morgan fingerprint density at radius 3 is 2.46 bits per heavy atom. The van der Waals surface area contributed by atoms with Crippen molar-refractivity contribution < 1.29 is 4.39 Å². The van der Waals surface area contributed by atoms with Gasteiger partial charge in [0.05, 0.1) is 0 Å². The molecule has 0 amide bonds. The van der Waals surface area contributed by atoms with E-state index in [0.29, 0.717) is 6.42 Å². The van der Waals surface area contributed by atoms with Crippen LogP contribution in [0.15, 0.2) is 36.9 Å². The predicted octanol–water partition coefficient (Wildman–Crippen LogP) is 2.58. The molecule has 13 heavy (non-hydrogen) atoms. The molecule has 0 aliphatic heterocycles. The minimum Gasteiger partial charge on any atom is -0.321 e. The number of hydrogen-bond donors (Lipinski definition) is 1. The molecule has 2 heteroatoms. The van der Waals surface area contributed by atoms with Crippen molar-refractivity contribution in [1.82, 2.24) is 0 Å². The van der Waals surface area contributed by atoms with E-state index in [0.717, 1.165) is 5.56 Å². The van der Waals surface area contributed by atoms with Gasteiger partial charge in [0.1, 0.15) is 5.82 Å². The first-order valence-corrected chi connectivity index (χ1v) is 4.22. The molecular weight excluding hydrogens is 165 g/mol. The predicted molar refractivity (Wildman–Crippen MR) is 52.8 cm³/mol. The first-order chi connectivity index (χ1) is 6.06. The molecule has 0 spiro atoms. The van der Waals surface area contributed by atoms with Crippen molar-refractivity contribution in [2.75, 3.05) is 0 Å². The lowest BCUT2D eigenvalue weighted by Crippen LogP contribution is -2.32. The van der Waals surface area contributed by atoms with Crippen LogP contribution in [0.4, 0.5) is 4.39 Å². The Labute approximate surface area is 78.1 Å². The average molecular weight is 179 g/mol. The van der Waals surface area contributed by atoms with E-state index in [1.807, 2.05) is 6.92 Å². The highest BCUT2D eigenvalue weighted by molar-refractivity contribution is 5.24. The smallest absolute Gasteiger partial charge is 0.123 e. The molecule has 0 bridgehead atoms. The van der Waals surface area contributed by atoms with Crippen LogP contribution in [0.5, 0.6) is 0 Å². The van der Waals surface area contributed by atoms with Gasteiger partial charge in [0.25, 0.3) is 0 Å². The van der Waals surface area contributed by atoms with Gasteiger partial charge < -0.3 is 5.73 Å². The monoisotopic (exact) mass is 179 g/mol. The maximum atomic E-state index is 12.6. The normalized spacial score (nSPS) is 15.0. The molecule has 0 aromatic heterocycles. The van der Waals surface area contributed by atoms with Crippen LogP contribution in [0, 0.1) is 5.82 Å². The van der Waals surface area contributed by atoms with Crippen LogP contribution in [0.3, 0.4) is 0 Å². The second kappa shape index (κ2) is 3.71. The Hall–Kier alpha value is -1.15. The van der Waals surface area contributed by atoms with Crippen LogP contribution >= 0.6 is 0 Å². The molecule has 0 saturated heterocycles. The molecule has 70 valence electrons. The maximum Gasteiger partial charge on any atom is 0.123 e. The fourth-order valence-corrected chi connectivity index (χ4v) is 1.25. The van der Waals surface area contributed by atoms with Crippen molar-refractivity contribution in [3.63, 3.8) is 0 Å². The molecule has 0 radical (unpaired) electrons. The van der Waals surface area contributed by atoms with Crippen molar-refractivity contribution in [2.24, 2.45) is 5.73 Å². The standard InChI is InChI=1S/C11H14FN/c1-3-8-11(2,13)9-4-6-10(12)7-5-9/h3-7H,1,8,13H2,2H3/t11-/m1/s1. The molecule has 1 aromatic carbocycles. The van der Waals surface area contributed by atoms with Crippen LogP contribution in [-0.2, 0) is 5.54 Å². The summed E-state index contributed by atoms with van der Waals surface area (Å²) in [6, 6.07) is 6.25. The van der Waals surface area contributed by atoms with E-state index < -0.39 is 5.54 Å². The van der Waals surface area contributed by atoms with E-state index in [1.165, 1.54) is 12.1 Å². The summed E-state index contributed by atoms with van der Waals surface area (Å²) in [5.41, 5.74) is 6.48. The van der Waals surface area contributed by atoms with E-state index >= 15 is 0 Å². The lowest BCUT2D eigenvalue weighted by atomic mass is 9.90. The lowest BCUT2D eigenvalue weighted by Gasteiger charge is -2.23. The topological polar surface area (TPSA) is 26.0 Å². The summed E-state index contributed by atoms with van der Waals surface area (Å²) in [5.74, 6) is -0.238. The zero-order valence-electron chi connectivity index (χ0n) is 7.76. The molecule has 1 rings (SSSR count). The summed E-state index contributed by atoms with van der Waals surface area (Å²) in [5, 5.41) is 0. The highest BCUT2D eigenvalue weighted by Crippen LogP contribution is 2.21. The molecule has 2 N–H and O–H groups in total. The van der Waals surface area contributed by atoms with Crippen molar-refractivity contribution in [1.29, 1.82) is 0 Å². The quantitative estimate of drug-likeness (QED) is 0.709. The molecule has 0 aliphatic rings. The molecule has 1 atom stereocenters. The number of rotatable bonds is 3. The van der Waals surface area contributed by atoms with Crippen molar-refractivity contribution in [2.45, 2.75) is 18.9 Å². The number of benzene rings is 1. The summed E-state index contributed by atoms with van der Waals surface area (Å²) in [4.78, 5) is 0. The van der Waals surface area contributed by atoms with Crippen LogP contribution in [0.1, 0.15) is 18.9 Å². The average Bonchev–Trinajstić information content (AvgIpc) is 2.05. The third-order valence-corrected chi connectivity index (χ3v) is 2.07. The first-order valence-electron chi connectivity index (χ1n) is 4.22. The van der Waals surface area contributed by atoms with Crippen LogP contribution < -0.4 is 5.73 Å². The molecule has 0 heterocycles. The molecule has 1 aromatic rings. The Morgan fingerprint density at radius 1 is 1.46 bits per heavy atom. The Kier molecular flexibility index (Phi) is 2.83. The SMILES string of the molecule is C=CC[C@@](C)(N)c1ccc(F)cc1. The van der Waals surface area contributed by atoms with E-state index in [9.17, 15) is 4.39 Å². The van der Waals surface area contributed by atoms with E-state index in [4.69, 9.17) is 5.73 Å². The second-order valence-electron chi connectivity index (χ2n) is 3.42. The minimum atomic E-state index is -0.449. The molecule has 0 unspecified atom stereocenters. The highest BCUT2D eigenvalue weighted by atomic mass is 19.1. The summed E-state index contributed by atoms with van der Waals surface area (Å²) < 4.78 is 12.6. The van der Waals surface area contributed by atoms with E-state index in [-0.39, 0.29) is 5.82 Å². The van der Waals surface area contributed by atoms with E-state index in [2.05, 4.69) is 6.58 Å². The van der Waals surface area contributed by atoms with Gasteiger partial charge in [-0.2, -0.15) is 0 Å². The zero-order chi connectivity index (χ0) is 9.90. The first kappa shape index (κ1) is 9.93. The highest BCUT2D eigenvalue weighted by Gasteiger charge is 2.18. The molecule has 1 nitrogen and oxygen atoms in total. The van der Waals surface area contributed by atoms with Crippen molar-refractivity contribution >= 4 is 0 Å². The Balaban J connectivity index is 2.93. The van der Waals surface area contributed by atoms with E-state index in [1.54, 1.807) is 18.2 Å². The maximum absolute atomic E-state index is 12.6. The largest absolute Gasteiger partial charge is 0.321 e.